The molecule has 0 bridgehead atoms. The number of methoxy groups -OCH3 is 1. The number of carbonyl (C=O) groups is 2. The zero-order valence-electron chi connectivity index (χ0n) is 19.9. The number of carbonyl (C=O) groups excluding carboxylic acids is 2. The van der Waals surface area contributed by atoms with Gasteiger partial charge in [0.05, 0.1) is 25.3 Å². The summed E-state index contributed by atoms with van der Waals surface area (Å²) in [5.74, 6) is 1.13. The zero-order chi connectivity index (χ0) is 25.4. The van der Waals surface area contributed by atoms with Crippen LogP contribution in [0.5, 0.6) is 5.75 Å². The van der Waals surface area contributed by atoms with E-state index in [1.807, 2.05) is 48.7 Å². The standard InChI is InChI=1S/C25H28ClN5O3S/c1-5-12-31-24(17(3)27-22(32)13-18-7-10-20(34-4)11-8-18)29-30-25(31)35-15-23(33)28-19-9-6-16(2)21(26)14-19/h5-11,14,17H,1,12-13,15H2,2-4H3,(H,27,32)(H,28,33)/t17-/m1/s1. The Hall–Kier alpha value is -3.30. The van der Waals surface area contributed by atoms with Gasteiger partial charge in [-0.1, -0.05) is 47.6 Å². The van der Waals surface area contributed by atoms with E-state index in [0.717, 1.165) is 16.9 Å². The highest BCUT2D eigenvalue weighted by atomic mass is 35.5. The minimum Gasteiger partial charge on any atom is -0.497 e. The second-order valence-corrected chi connectivity index (χ2v) is 9.20. The van der Waals surface area contributed by atoms with E-state index in [-0.39, 0.29) is 30.0 Å². The number of rotatable bonds is 11. The number of allylic oxidation sites excluding steroid dienone is 1. The Bertz CT molecular complexity index is 1200. The van der Waals surface area contributed by atoms with Crippen molar-refractivity contribution in [3.63, 3.8) is 0 Å². The van der Waals surface area contributed by atoms with Gasteiger partial charge in [-0.3, -0.25) is 9.59 Å². The van der Waals surface area contributed by atoms with Crippen molar-refractivity contribution in [1.29, 1.82) is 0 Å². The van der Waals surface area contributed by atoms with Gasteiger partial charge >= 0.3 is 0 Å². The van der Waals surface area contributed by atoms with Crippen molar-refractivity contribution in [1.82, 2.24) is 20.1 Å². The first-order chi connectivity index (χ1) is 16.8. The Morgan fingerprint density at radius 2 is 1.94 bits per heavy atom. The molecule has 0 spiro atoms. The summed E-state index contributed by atoms with van der Waals surface area (Å²) in [5.41, 5.74) is 2.45. The largest absolute Gasteiger partial charge is 0.497 e. The number of anilines is 1. The van der Waals surface area contributed by atoms with Gasteiger partial charge in [0.25, 0.3) is 0 Å². The number of benzene rings is 2. The van der Waals surface area contributed by atoms with Crippen LogP contribution < -0.4 is 15.4 Å². The van der Waals surface area contributed by atoms with Crippen molar-refractivity contribution in [2.75, 3.05) is 18.2 Å². The number of thioether (sulfide) groups is 1. The van der Waals surface area contributed by atoms with Crippen LogP contribution in [0.3, 0.4) is 0 Å². The third-order valence-electron chi connectivity index (χ3n) is 5.13. The molecule has 10 heteroatoms. The lowest BCUT2D eigenvalue weighted by atomic mass is 10.1. The van der Waals surface area contributed by atoms with Gasteiger partial charge in [0.2, 0.25) is 11.8 Å². The molecule has 184 valence electrons. The molecule has 0 unspecified atom stereocenters. The Balaban J connectivity index is 1.60. The summed E-state index contributed by atoms with van der Waals surface area (Å²) in [5, 5.41) is 15.4. The normalized spacial score (nSPS) is 11.5. The Morgan fingerprint density at radius 1 is 1.20 bits per heavy atom. The number of ether oxygens (including phenoxy) is 1. The lowest BCUT2D eigenvalue weighted by molar-refractivity contribution is -0.121. The average Bonchev–Trinajstić information content (AvgIpc) is 3.23. The molecule has 1 heterocycles. The highest BCUT2D eigenvalue weighted by Gasteiger charge is 2.20. The number of nitrogens with zero attached hydrogens (tertiary/aromatic N) is 3. The summed E-state index contributed by atoms with van der Waals surface area (Å²) >= 11 is 7.39. The van der Waals surface area contributed by atoms with E-state index in [1.54, 1.807) is 25.3 Å². The van der Waals surface area contributed by atoms with E-state index >= 15 is 0 Å². The average molecular weight is 514 g/mol. The predicted molar refractivity (Wildman–Crippen MR) is 139 cm³/mol. The van der Waals surface area contributed by atoms with Crippen molar-refractivity contribution < 1.29 is 14.3 Å². The molecule has 0 aliphatic carbocycles. The Kier molecular flexibility index (Phi) is 9.33. The number of amides is 2. The quantitative estimate of drug-likeness (QED) is 0.287. The predicted octanol–water partition coefficient (Wildman–Crippen LogP) is 4.59. The summed E-state index contributed by atoms with van der Waals surface area (Å²) in [4.78, 5) is 25.0. The van der Waals surface area contributed by atoms with Gasteiger partial charge in [-0.05, 0) is 49.2 Å². The molecule has 1 aromatic heterocycles. The van der Waals surface area contributed by atoms with Crippen molar-refractivity contribution in [2.45, 2.75) is 38.0 Å². The fraction of sp³-hybridized carbons (Fsp3) is 0.280. The van der Waals surface area contributed by atoms with Gasteiger partial charge in [0, 0.05) is 17.3 Å². The number of hydrogen-bond donors (Lipinski definition) is 2. The SMILES string of the molecule is C=CCn1c(SCC(=O)Nc2ccc(C)c(Cl)c2)nnc1[C@@H](C)NC(=O)Cc1ccc(OC)cc1. The molecule has 0 aliphatic rings. The summed E-state index contributed by atoms with van der Waals surface area (Å²) < 4.78 is 6.99. The van der Waals surface area contributed by atoms with E-state index in [4.69, 9.17) is 16.3 Å². The topological polar surface area (TPSA) is 98.1 Å². The molecular formula is C25H28ClN5O3S. The summed E-state index contributed by atoms with van der Waals surface area (Å²) in [6.45, 7) is 7.99. The number of aryl methyl sites for hydroxylation is 1. The number of nitrogens with one attached hydrogen (secondary N) is 2. The van der Waals surface area contributed by atoms with Gasteiger partial charge in [-0.25, -0.2) is 0 Å². The lowest BCUT2D eigenvalue weighted by Crippen LogP contribution is -2.30. The van der Waals surface area contributed by atoms with Gasteiger partial charge in [-0.15, -0.1) is 16.8 Å². The van der Waals surface area contributed by atoms with E-state index in [0.29, 0.717) is 28.2 Å². The molecule has 3 rings (SSSR count). The van der Waals surface area contributed by atoms with Crippen LogP contribution in [0.2, 0.25) is 5.02 Å². The third kappa shape index (κ3) is 7.34. The van der Waals surface area contributed by atoms with Crippen molar-refractivity contribution in [3.8, 4) is 5.75 Å². The van der Waals surface area contributed by atoms with Gasteiger partial charge < -0.3 is 19.9 Å². The highest BCUT2D eigenvalue weighted by Crippen LogP contribution is 2.23. The van der Waals surface area contributed by atoms with Crippen LogP contribution in [0.15, 0.2) is 60.3 Å². The zero-order valence-corrected chi connectivity index (χ0v) is 21.4. The number of halogens is 1. The van der Waals surface area contributed by atoms with Crippen LogP contribution in [0.25, 0.3) is 0 Å². The van der Waals surface area contributed by atoms with E-state index in [2.05, 4.69) is 27.4 Å². The Labute approximate surface area is 214 Å². The smallest absolute Gasteiger partial charge is 0.234 e. The molecule has 0 saturated heterocycles. The fourth-order valence-corrected chi connectivity index (χ4v) is 4.25. The molecule has 3 aromatic rings. The molecule has 1 atom stereocenters. The third-order valence-corrected chi connectivity index (χ3v) is 6.51. The van der Waals surface area contributed by atoms with Crippen LogP contribution in [0, 0.1) is 6.92 Å². The van der Waals surface area contributed by atoms with E-state index in [1.165, 1.54) is 11.8 Å². The van der Waals surface area contributed by atoms with Crippen LogP contribution in [0.4, 0.5) is 5.69 Å². The first-order valence-electron chi connectivity index (χ1n) is 11.0. The maximum atomic E-state index is 12.6. The van der Waals surface area contributed by atoms with Crippen LogP contribution >= 0.6 is 23.4 Å². The molecule has 2 aromatic carbocycles. The molecular weight excluding hydrogens is 486 g/mol. The van der Waals surface area contributed by atoms with E-state index < -0.39 is 0 Å². The first kappa shape index (κ1) is 26.3. The molecule has 0 fully saturated rings. The maximum absolute atomic E-state index is 12.6. The molecule has 0 saturated carbocycles. The van der Waals surface area contributed by atoms with E-state index in [9.17, 15) is 9.59 Å². The van der Waals surface area contributed by atoms with Crippen LogP contribution in [-0.2, 0) is 22.6 Å². The molecule has 8 nitrogen and oxygen atoms in total. The van der Waals surface area contributed by atoms with Gasteiger partial charge in [-0.2, -0.15) is 0 Å². The number of aromatic nitrogens is 3. The second kappa shape index (κ2) is 12.4. The molecule has 0 radical (unpaired) electrons. The number of hydrogen-bond acceptors (Lipinski definition) is 6. The Morgan fingerprint density at radius 3 is 2.60 bits per heavy atom. The lowest BCUT2D eigenvalue weighted by Gasteiger charge is -2.15. The second-order valence-electron chi connectivity index (χ2n) is 7.85. The fourth-order valence-electron chi connectivity index (χ4n) is 3.31. The molecule has 0 aliphatic heterocycles. The summed E-state index contributed by atoms with van der Waals surface area (Å²) in [6, 6.07) is 12.3. The van der Waals surface area contributed by atoms with Gasteiger partial charge in [0.15, 0.2) is 11.0 Å². The van der Waals surface area contributed by atoms with Crippen LogP contribution in [-0.4, -0.2) is 39.4 Å². The monoisotopic (exact) mass is 513 g/mol. The molecule has 2 amide bonds. The van der Waals surface area contributed by atoms with Crippen LogP contribution in [0.1, 0.15) is 29.9 Å². The summed E-state index contributed by atoms with van der Waals surface area (Å²) in [6.07, 6.45) is 1.95. The highest BCUT2D eigenvalue weighted by molar-refractivity contribution is 7.99. The van der Waals surface area contributed by atoms with Crippen molar-refractivity contribution in [3.05, 3.63) is 77.1 Å². The minimum atomic E-state index is -0.383. The van der Waals surface area contributed by atoms with Gasteiger partial charge in [0.1, 0.15) is 5.75 Å². The first-order valence-corrected chi connectivity index (χ1v) is 12.3. The molecule has 2 N–H and O–H groups in total. The molecule has 35 heavy (non-hydrogen) atoms. The van der Waals surface area contributed by atoms with Crippen molar-refractivity contribution in [2.24, 2.45) is 0 Å². The minimum absolute atomic E-state index is 0.138. The summed E-state index contributed by atoms with van der Waals surface area (Å²) in [7, 11) is 1.60. The maximum Gasteiger partial charge on any atom is 0.234 e. The van der Waals surface area contributed by atoms with Crippen molar-refractivity contribution >= 4 is 40.9 Å².